The number of imide groups is 1. The molecule has 4 aromatic rings. The van der Waals surface area contributed by atoms with Gasteiger partial charge in [0.2, 0.25) is 17.6 Å². The fourth-order valence-electron chi connectivity index (χ4n) is 9.31. The Kier molecular flexibility index (Phi) is 8.09. The van der Waals surface area contributed by atoms with E-state index in [4.69, 9.17) is 9.47 Å². The van der Waals surface area contributed by atoms with E-state index in [0.29, 0.717) is 16.7 Å². The zero-order chi connectivity index (χ0) is 37.2. The Labute approximate surface area is 304 Å². The van der Waals surface area contributed by atoms with Crippen LogP contribution in [0.5, 0.6) is 17.2 Å². The van der Waals surface area contributed by atoms with Crippen LogP contribution in [0.1, 0.15) is 35.4 Å². The molecular formula is C42H34N2O9. The number of hydrogen-bond donors (Lipinski definition) is 1. The van der Waals surface area contributed by atoms with Crippen molar-refractivity contribution in [3.05, 3.63) is 142 Å². The minimum atomic E-state index is -1.48. The molecule has 8 rings (SSSR count). The number of phenolic OH excluding ortho intramolecular Hbond substituents is 1. The maximum absolute atomic E-state index is 15.2. The van der Waals surface area contributed by atoms with Gasteiger partial charge in [0.15, 0.2) is 23.1 Å². The summed E-state index contributed by atoms with van der Waals surface area (Å²) in [6, 6.07) is 26.7. The van der Waals surface area contributed by atoms with Crippen molar-refractivity contribution < 1.29 is 38.7 Å². The molecule has 0 radical (unpaired) electrons. The number of nitro benzene ring substituents is 1. The van der Waals surface area contributed by atoms with Crippen LogP contribution in [0, 0.1) is 33.8 Å². The molecule has 266 valence electrons. The summed E-state index contributed by atoms with van der Waals surface area (Å²) in [5.74, 6) is -5.55. The molecule has 53 heavy (non-hydrogen) atoms. The average Bonchev–Trinajstić information content (AvgIpc) is 3.44. The van der Waals surface area contributed by atoms with Crippen molar-refractivity contribution in [3.63, 3.8) is 0 Å². The van der Waals surface area contributed by atoms with Gasteiger partial charge in [-0.3, -0.25) is 34.2 Å². The topological polar surface area (TPSA) is 153 Å². The van der Waals surface area contributed by atoms with E-state index in [9.17, 15) is 24.8 Å². The van der Waals surface area contributed by atoms with Gasteiger partial charge in [-0.1, -0.05) is 72.3 Å². The van der Waals surface area contributed by atoms with Crippen LogP contribution in [0.3, 0.4) is 0 Å². The zero-order valence-corrected chi connectivity index (χ0v) is 28.8. The molecule has 2 amide bonds. The lowest BCUT2D eigenvalue weighted by molar-refractivity contribution is -0.384. The Hall–Kier alpha value is -6.36. The lowest BCUT2D eigenvalue weighted by Crippen LogP contribution is -2.58. The number of aromatic hydroxyl groups is 1. The number of ketones is 2. The maximum Gasteiger partial charge on any atom is 0.269 e. The van der Waals surface area contributed by atoms with E-state index in [1.807, 2.05) is 42.5 Å². The predicted molar refractivity (Wildman–Crippen MR) is 193 cm³/mol. The molecule has 1 aliphatic heterocycles. The number of Topliss-reactive ketones (excluding diaryl/α,β-unsaturated/α-hetero) is 1. The molecule has 4 aliphatic rings. The van der Waals surface area contributed by atoms with Crippen LogP contribution in [0.2, 0.25) is 0 Å². The minimum Gasteiger partial charge on any atom is -0.502 e. The first-order valence-electron chi connectivity index (χ1n) is 17.3. The molecule has 4 aromatic carbocycles. The number of carbonyl (C=O) groups excluding carboxylic acids is 4. The molecule has 0 unspecified atom stereocenters. The fourth-order valence-corrected chi connectivity index (χ4v) is 9.31. The molecule has 2 fully saturated rings. The summed E-state index contributed by atoms with van der Waals surface area (Å²) in [6.45, 7) is 0. The number of allylic oxidation sites excluding steroid dienone is 4. The van der Waals surface area contributed by atoms with Gasteiger partial charge in [-0.05, 0) is 65.8 Å². The molecule has 1 heterocycles. The van der Waals surface area contributed by atoms with Gasteiger partial charge >= 0.3 is 0 Å². The Morgan fingerprint density at radius 3 is 2.06 bits per heavy atom. The van der Waals surface area contributed by atoms with E-state index >= 15 is 9.59 Å². The van der Waals surface area contributed by atoms with Crippen LogP contribution in [-0.4, -0.2) is 47.6 Å². The number of methoxy groups -OCH3 is 2. The molecule has 3 aliphatic carbocycles. The number of non-ortho nitro benzene ring substituents is 1. The molecule has 0 aromatic heterocycles. The second kappa shape index (κ2) is 12.7. The van der Waals surface area contributed by atoms with Crippen molar-refractivity contribution in [3.8, 4) is 17.2 Å². The molecule has 1 N–H and O–H groups in total. The van der Waals surface area contributed by atoms with Gasteiger partial charge in [0.1, 0.15) is 0 Å². The van der Waals surface area contributed by atoms with E-state index in [-0.39, 0.29) is 58.6 Å². The first-order chi connectivity index (χ1) is 25.6. The third kappa shape index (κ3) is 4.94. The number of ether oxygens (including phenoxy) is 2. The zero-order valence-electron chi connectivity index (χ0n) is 28.8. The fraction of sp³-hybridized carbons (Fsp3) is 0.238. The standard InChI is InChI=1S/C42H34N2O9/c1-52-33-19-24(20-34(53-2)39(33)47)37-28-17-18-29-36(41(49)43(40(29)48)26-13-15-27(16-14-26)44(50)51)31(28)21-32-38(46)30(23-9-5-3-6-10-23)22-35(45)42(32,37)25-11-7-4-8-12-25/h3-17,19-20,22,29,31-32,36-37,47H,18,21H2,1-2H3/t29-,31+,32-,36-,37-,42-/m0/s1. The van der Waals surface area contributed by atoms with Gasteiger partial charge < -0.3 is 14.6 Å². The maximum atomic E-state index is 15.2. The molecule has 11 nitrogen and oxygen atoms in total. The van der Waals surface area contributed by atoms with Gasteiger partial charge in [-0.25, -0.2) is 0 Å². The monoisotopic (exact) mass is 710 g/mol. The lowest BCUT2D eigenvalue weighted by Gasteiger charge is -2.55. The van der Waals surface area contributed by atoms with Crippen LogP contribution < -0.4 is 14.4 Å². The van der Waals surface area contributed by atoms with Crippen molar-refractivity contribution in [1.82, 2.24) is 0 Å². The highest BCUT2D eigenvalue weighted by Gasteiger charge is 2.66. The largest absolute Gasteiger partial charge is 0.502 e. The summed E-state index contributed by atoms with van der Waals surface area (Å²) in [5.41, 5.74) is 1.30. The normalized spacial score (nSPS) is 26.2. The third-order valence-electron chi connectivity index (χ3n) is 11.5. The number of nitro groups is 1. The molecule has 0 bridgehead atoms. The summed E-state index contributed by atoms with van der Waals surface area (Å²) in [4.78, 5) is 70.8. The first kappa shape index (κ1) is 33.8. The van der Waals surface area contributed by atoms with E-state index in [1.165, 1.54) is 44.6 Å². The number of amides is 2. The smallest absolute Gasteiger partial charge is 0.269 e. The lowest BCUT2D eigenvalue weighted by atomic mass is 9.44. The third-order valence-corrected chi connectivity index (χ3v) is 11.5. The minimum absolute atomic E-state index is 0.0992. The molecule has 11 heteroatoms. The Bertz CT molecular complexity index is 2240. The average molecular weight is 711 g/mol. The van der Waals surface area contributed by atoms with Gasteiger partial charge in [-0.2, -0.15) is 0 Å². The second-order valence-electron chi connectivity index (χ2n) is 13.8. The molecular weight excluding hydrogens is 676 g/mol. The van der Waals surface area contributed by atoms with Crippen LogP contribution in [-0.2, 0) is 24.6 Å². The van der Waals surface area contributed by atoms with Crippen molar-refractivity contribution in [2.45, 2.75) is 24.2 Å². The quantitative estimate of drug-likeness (QED) is 0.100. The summed E-state index contributed by atoms with van der Waals surface area (Å²) >= 11 is 0. The summed E-state index contributed by atoms with van der Waals surface area (Å²) < 4.78 is 11.2. The highest BCUT2D eigenvalue weighted by Crippen LogP contribution is 2.64. The first-order valence-corrected chi connectivity index (χ1v) is 17.3. The number of fused-ring (bicyclic) bond motifs is 4. The van der Waals surface area contributed by atoms with E-state index in [2.05, 4.69) is 0 Å². The highest BCUT2D eigenvalue weighted by atomic mass is 16.6. The molecule has 1 saturated heterocycles. The van der Waals surface area contributed by atoms with Crippen LogP contribution >= 0.6 is 0 Å². The Balaban J connectivity index is 1.36. The Morgan fingerprint density at radius 1 is 0.830 bits per heavy atom. The number of rotatable bonds is 7. The summed E-state index contributed by atoms with van der Waals surface area (Å²) in [5, 5.41) is 22.3. The molecule has 6 atom stereocenters. The van der Waals surface area contributed by atoms with E-state index in [1.54, 1.807) is 36.4 Å². The van der Waals surface area contributed by atoms with Crippen LogP contribution in [0.25, 0.3) is 5.57 Å². The van der Waals surface area contributed by atoms with Crippen LogP contribution in [0.4, 0.5) is 11.4 Å². The number of anilines is 1. The number of hydrogen-bond acceptors (Lipinski definition) is 9. The summed E-state index contributed by atoms with van der Waals surface area (Å²) in [7, 11) is 2.81. The number of carbonyl (C=O) groups is 4. The Morgan fingerprint density at radius 2 is 1.45 bits per heavy atom. The summed E-state index contributed by atoms with van der Waals surface area (Å²) in [6.07, 6.45) is 3.67. The number of phenols is 1. The van der Waals surface area contributed by atoms with Crippen molar-refractivity contribution in [2.24, 2.45) is 23.7 Å². The van der Waals surface area contributed by atoms with E-state index < -0.39 is 51.7 Å². The highest BCUT2D eigenvalue weighted by molar-refractivity contribution is 6.32. The predicted octanol–water partition coefficient (Wildman–Crippen LogP) is 6.35. The molecule has 0 spiro atoms. The van der Waals surface area contributed by atoms with Gasteiger partial charge in [0, 0.05) is 29.5 Å². The number of benzene rings is 4. The number of nitrogens with zero attached hydrogens (tertiary/aromatic N) is 2. The van der Waals surface area contributed by atoms with Crippen LogP contribution in [0.15, 0.2) is 115 Å². The SMILES string of the molecule is COc1cc([C@H]2C3=CC[C@@H]4C(=O)N(c5ccc([N+](=O)[O-])cc5)C(=O)[C@@H]4[C@@H]3C[C@H]3C(=O)C(c4ccccc4)=CC(=O)[C@@]23c2ccccc2)cc(OC)c1O. The van der Waals surface area contributed by atoms with Gasteiger partial charge in [-0.15, -0.1) is 0 Å². The molecule has 1 saturated carbocycles. The van der Waals surface area contributed by atoms with Crippen molar-refractivity contribution in [2.75, 3.05) is 19.1 Å². The van der Waals surface area contributed by atoms with E-state index in [0.717, 1.165) is 10.5 Å². The van der Waals surface area contributed by atoms with Gasteiger partial charge in [0.05, 0.1) is 42.1 Å². The van der Waals surface area contributed by atoms with Gasteiger partial charge in [0.25, 0.3) is 5.69 Å². The second-order valence-corrected chi connectivity index (χ2v) is 13.8. The van der Waals surface area contributed by atoms with Crippen molar-refractivity contribution in [1.29, 1.82) is 0 Å². The van der Waals surface area contributed by atoms with Crippen molar-refractivity contribution >= 4 is 40.3 Å².